The van der Waals surface area contributed by atoms with Crippen LogP contribution in [0.25, 0.3) is 6.08 Å². The molecule has 32 heavy (non-hydrogen) atoms. The van der Waals surface area contributed by atoms with Gasteiger partial charge in [0, 0.05) is 31.3 Å². The second-order valence-corrected chi connectivity index (χ2v) is 8.86. The highest BCUT2D eigenvalue weighted by Crippen LogP contribution is 2.39. The van der Waals surface area contributed by atoms with Crippen LogP contribution >= 0.6 is 0 Å². The van der Waals surface area contributed by atoms with E-state index < -0.39 is 21.7 Å². The predicted molar refractivity (Wildman–Crippen MR) is 119 cm³/mol. The Hall–Kier alpha value is -3.25. The van der Waals surface area contributed by atoms with Gasteiger partial charge in [-0.05, 0) is 29.8 Å². The molecule has 0 radical (unpaired) electrons. The Morgan fingerprint density at radius 3 is 2.72 bits per heavy atom. The summed E-state index contributed by atoms with van der Waals surface area (Å²) in [7, 11) is -3.76. The zero-order valence-electron chi connectivity index (χ0n) is 17.2. The molecule has 3 rings (SSSR count). The molecule has 2 atom stereocenters. The third-order valence-corrected chi connectivity index (χ3v) is 6.22. The molecule has 11 heteroatoms. The molecular weight excluding hydrogens is 434 g/mol. The Morgan fingerprint density at radius 1 is 1.28 bits per heavy atom. The lowest BCUT2D eigenvalue weighted by Gasteiger charge is -2.32. The summed E-state index contributed by atoms with van der Waals surface area (Å²) in [4.78, 5) is 23.5. The van der Waals surface area contributed by atoms with Crippen LogP contribution in [0.5, 0.6) is 0 Å². The summed E-state index contributed by atoms with van der Waals surface area (Å²) in [5, 5.41) is 21.9. The normalized spacial score (nSPS) is 20.2. The van der Waals surface area contributed by atoms with Crippen LogP contribution in [0, 0.1) is 0 Å². The van der Waals surface area contributed by atoms with E-state index in [4.69, 9.17) is 5.73 Å². The number of nitrogens with zero attached hydrogens (tertiary/aromatic N) is 2. The molecular formula is C21H23N5O5S. The molecule has 1 aliphatic rings. The number of anilines is 1. The number of carbonyl (C=O) groups is 2. The van der Waals surface area contributed by atoms with Crippen LogP contribution in [0.3, 0.4) is 0 Å². The number of sulfonamides is 1. The molecule has 0 heterocycles. The Labute approximate surface area is 185 Å². The largest absolute Gasteiger partial charge is 0.375 e. The number of nitrogens with one attached hydrogen (secondary N) is 2. The maximum Gasteiger partial charge on any atom is 0.240 e. The summed E-state index contributed by atoms with van der Waals surface area (Å²) in [6.45, 7) is 1.56. The van der Waals surface area contributed by atoms with Crippen molar-refractivity contribution in [2.75, 3.05) is 18.4 Å². The van der Waals surface area contributed by atoms with Crippen LogP contribution in [0.1, 0.15) is 18.1 Å². The number of hydrogen-bond acceptors (Lipinski definition) is 8. The number of nitrogens with two attached hydrogens (primary N) is 1. The minimum absolute atomic E-state index is 0.0227. The van der Waals surface area contributed by atoms with Crippen LogP contribution in [-0.2, 0) is 25.2 Å². The molecule has 2 unspecified atom stereocenters. The zero-order valence-corrected chi connectivity index (χ0v) is 18.0. The number of amides is 1. The first-order valence-corrected chi connectivity index (χ1v) is 11.2. The number of azo groups is 1. The number of rotatable bonds is 8. The number of aldehydes is 1. The van der Waals surface area contributed by atoms with Crippen molar-refractivity contribution in [2.24, 2.45) is 16.0 Å². The van der Waals surface area contributed by atoms with Gasteiger partial charge in [0.25, 0.3) is 0 Å². The maximum atomic E-state index is 12.3. The van der Waals surface area contributed by atoms with Gasteiger partial charge < -0.3 is 16.2 Å². The van der Waals surface area contributed by atoms with E-state index >= 15 is 0 Å². The Bertz CT molecular complexity index is 1190. The van der Waals surface area contributed by atoms with E-state index in [1.165, 1.54) is 37.3 Å². The minimum atomic E-state index is -3.76. The molecule has 1 aliphatic carbocycles. The van der Waals surface area contributed by atoms with Crippen molar-refractivity contribution in [1.29, 1.82) is 0 Å². The number of hydrogen-bond donors (Lipinski definition) is 4. The molecule has 2 aromatic carbocycles. The second kappa shape index (κ2) is 9.49. The highest BCUT2D eigenvalue weighted by atomic mass is 32.2. The number of aliphatic hydroxyl groups is 1. The standard InChI is InChI=1S/C21H23N5O5S/c1-14(28)24-18-7-2-4-15-8-9-19(21(29,13-27)20(15)18)26-25-16-5-3-6-17(12-16)32(30,31)23-11-10-22/h2-9,12-13,19,23,29H,10-11,22H2,1H3,(H,24,28). The molecule has 0 spiro atoms. The molecule has 0 fully saturated rings. The lowest BCUT2D eigenvalue weighted by molar-refractivity contribution is -0.126. The molecule has 0 aromatic heterocycles. The van der Waals surface area contributed by atoms with E-state index in [1.807, 2.05) is 0 Å². The maximum absolute atomic E-state index is 12.3. The van der Waals surface area contributed by atoms with Gasteiger partial charge in [0.2, 0.25) is 15.9 Å². The predicted octanol–water partition coefficient (Wildman–Crippen LogP) is 1.45. The van der Waals surface area contributed by atoms with E-state index in [9.17, 15) is 23.1 Å². The lowest BCUT2D eigenvalue weighted by atomic mass is 9.79. The quantitative estimate of drug-likeness (QED) is 0.346. The van der Waals surface area contributed by atoms with Gasteiger partial charge in [-0.2, -0.15) is 10.2 Å². The van der Waals surface area contributed by atoms with Crippen molar-refractivity contribution < 1.29 is 23.1 Å². The summed E-state index contributed by atoms with van der Waals surface area (Å²) in [6.07, 6.45) is 3.53. The van der Waals surface area contributed by atoms with Crippen LogP contribution < -0.4 is 15.8 Å². The smallest absolute Gasteiger partial charge is 0.240 e. The Morgan fingerprint density at radius 2 is 2.03 bits per heavy atom. The van der Waals surface area contributed by atoms with Crippen LogP contribution in [-0.4, -0.2) is 44.8 Å². The van der Waals surface area contributed by atoms with Crippen molar-refractivity contribution in [3.8, 4) is 0 Å². The zero-order chi connectivity index (χ0) is 23.4. The molecule has 0 bridgehead atoms. The summed E-state index contributed by atoms with van der Waals surface area (Å²) in [5.41, 5.74) is 4.51. The van der Waals surface area contributed by atoms with Gasteiger partial charge in [-0.3, -0.25) is 9.59 Å². The lowest BCUT2D eigenvalue weighted by Crippen LogP contribution is -2.42. The summed E-state index contributed by atoms with van der Waals surface area (Å²) >= 11 is 0. The van der Waals surface area contributed by atoms with Crippen molar-refractivity contribution in [1.82, 2.24) is 4.72 Å². The van der Waals surface area contributed by atoms with E-state index in [-0.39, 0.29) is 40.8 Å². The van der Waals surface area contributed by atoms with Crippen molar-refractivity contribution in [3.05, 3.63) is 59.7 Å². The van der Waals surface area contributed by atoms with Crippen molar-refractivity contribution in [2.45, 2.75) is 23.5 Å². The summed E-state index contributed by atoms with van der Waals surface area (Å²) < 4.78 is 26.9. The molecule has 2 aromatic rings. The van der Waals surface area contributed by atoms with E-state index in [0.29, 0.717) is 11.8 Å². The van der Waals surface area contributed by atoms with Gasteiger partial charge in [0.15, 0.2) is 11.9 Å². The highest BCUT2D eigenvalue weighted by molar-refractivity contribution is 7.89. The Balaban J connectivity index is 1.95. The molecule has 0 saturated heterocycles. The van der Waals surface area contributed by atoms with Crippen LogP contribution in [0.4, 0.5) is 11.4 Å². The highest BCUT2D eigenvalue weighted by Gasteiger charge is 2.43. The summed E-state index contributed by atoms with van der Waals surface area (Å²) in [6, 6.07) is 9.60. The minimum Gasteiger partial charge on any atom is -0.375 e. The number of fused-ring (bicyclic) bond motifs is 1. The molecule has 5 N–H and O–H groups in total. The van der Waals surface area contributed by atoms with Gasteiger partial charge in [-0.1, -0.05) is 30.4 Å². The third kappa shape index (κ3) is 4.81. The van der Waals surface area contributed by atoms with Crippen LogP contribution in [0.2, 0.25) is 0 Å². The molecule has 1 amide bonds. The van der Waals surface area contributed by atoms with Crippen molar-refractivity contribution >= 4 is 39.7 Å². The van der Waals surface area contributed by atoms with Crippen molar-refractivity contribution in [3.63, 3.8) is 0 Å². The van der Waals surface area contributed by atoms with E-state index in [0.717, 1.165) is 0 Å². The molecule has 0 saturated carbocycles. The topological polar surface area (TPSA) is 163 Å². The average Bonchev–Trinajstić information content (AvgIpc) is 2.77. The van der Waals surface area contributed by atoms with Gasteiger partial charge in [-0.25, -0.2) is 13.1 Å². The molecule has 0 aliphatic heterocycles. The Kier molecular flexibility index (Phi) is 6.94. The fourth-order valence-electron chi connectivity index (χ4n) is 3.31. The second-order valence-electron chi connectivity index (χ2n) is 7.10. The molecule has 168 valence electrons. The average molecular weight is 458 g/mol. The fraction of sp³-hybridized carbons (Fsp3) is 0.238. The van der Waals surface area contributed by atoms with E-state index in [2.05, 4.69) is 20.3 Å². The first kappa shape index (κ1) is 23.4. The monoisotopic (exact) mass is 457 g/mol. The third-order valence-electron chi connectivity index (χ3n) is 4.76. The first-order chi connectivity index (χ1) is 15.2. The fourth-order valence-corrected chi connectivity index (χ4v) is 4.40. The van der Waals surface area contributed by atoms with Gasteiger partial charge >= 0.3 is 0 Å². The summed E-state index contributed by atoms with van der Waals surface area (Å²) in [5.74, 6) is -0.361. The molecule has 10 nitrogen and oxygen atoms in total. The van der Waals surface area contributed by atoms with Gasteiger partial charge in [0.1, 0.15) is 6.04 Å². The number of benzene rings is 2. The van der Waals surface area contributed by atoms with Gasteiger partial charge in [-0.15, -0.1) is 0 Å². The SMILES string of the molecule is CC(=O)Nc1cccc2c1C(O)(C=O)C(N=Nc1cccc(S(=O)(=O)NCCN)c1)C=C2. The van der Waals surface area contributed by atoms with Crippen LogP contribution in [0.15, 0.2) is 63.7 Å². The number of carbonyl (C=O) groups excluding carboxylic acids is 2. The first-order valence-electron chi connectivity index (χ1n) is 9.70. The van der Waals surface area contributed by atoms with Gasteiger partial charge in [0.05, 0.1) is 10.6 Å². The van der Waals surface area contributed by atoms with E-state index in [1.54, 1.807) is 24.3 Å².